The number of hydrogen-bond donors (Lipinski definition) is 3. The number of amides is 2. The molecule has 2 amide bonds. The molecule has 0 saturated carbocycles. The van der Waals surface area contributed by atoms with Crippen LogP contribution in [0.25, 0.3) is 10.9 Å². The Morgan fingerprint density at radius 1 is 1.25 bits per heavy atom. The standard InChI is InChI=1S/C20H21N3O4S/c1-11(24)12-3-4-15-14(7-12)8-16(22(15)2)20(26)23-6-5-13-9-17(19(25)21-27)28-18(13)10-23/h3-4,7-9,11,24,27H,5-6,10H2,1-2H3,(H,21,25). The smallest absolute Gasteiger partial charge is 0.284 e. The predicted molar refractivity (Wildman–Crippen MR) is 106 cm³/mol. The lowest BCUT2D eigenvalue weighted by Crippen LogP contribution is -2.36. The molecule has 0 spiro atoms. The number of aryl methyl sites for hydroxylation is 1. The topological polar surface area (TPSA) is 94.8 Å². The van der Waals surface area contributed by atoms with Crippen LogP contribution in [-0.4, -0.2) is 38.1 Å². The minimum absolute atomic E-state index is 0.0653. The number of carbonyl (C=O) groups excluding carboxylic acids is 2. The second kappa shape index (κ2) is 7.05. The van der Waals surface area contributed by atoms with Crippen LogP contribution >= 0.6 is 11.3 Å². The van der Waals surface area contributed by atoms with Gasteiger partial charge in [-0.3, -0.25) is 14.8 Å². The molecule has 1 aromatic carbocycles. The maximum atomic E-state index is 13.2. The van der Waals surface area contributed by atoms with Gasteiger partial charge in [0, 0.05) is 29.4 Å². The van der Waals surface area contributed by atoms with E-state index in [1.807, 2.05) is 35.9 Å². The van der Waals surface area contributed by atoms with Gasteiger partial charge < -0.3 is 14.6 Å². The summed E-state index contributed by atoms with van der Waals surface area (Å²) in [5, 5.41) is 19.5. The number of hydroxylamine groups is 1. The Morgan fingerprint density at radius 3 is 2.75 bits per heavy atom. The van der Waals surface area contributed by atoms with Crippen molar-refractivity contribution < 1.29 is 19.9 Å². The first-order valence-corrected chi connectivity index (χ1v) is 9.83. The number of aromatic nitrogens is 1. The zero-order valence-electron chi connectivity index (χ0n) is 15.6. The number of nitrogens with one attached hydrogen (secondary N) is 1. The van der Waals surface area contributed by atoms with Crippen LogP contribution < -0.4 is 5.48 Å². The second-order valence-electron chi connectivity index (χ2n) is 7.06. The van der Waals surface area contributed by atoms with Crippen molar-refractivity contribution in [3.63, 3.8) is 0 Å². The Bertz CT molecular complexity index is 1080. The zero-order chi connectivity index (χ0) is 20.0. The lowest BCUT2D eigenvalue weighted by atomic mass is 10.1. The van der Waals surface area contributed by atoms with Crippen molar-refractivity contribution in [2.75, 3.05) is 6.54 Å². The fourth-order valence-corrected chi connectivity index (χ4v) is 4.77. The predicted octanol–water partition coefficient (Wildman–Crippen LogP) is 2.61. The van der Waals surface area contributed by atoms with Crippen LogP contribution in [0.3, 0.4) is 0 Å². The third kappa shape index (κ3) is 3.09. The van der Waals surface area contributed by atoms with Crippen molar-refractivity contribution in [3.8, 4) is 0 Å². The molecule has 2 aromatic heterocycles. The SMILES string of the molecule is CC(O)c1ccc2c(c1)cc(C(=O)N1CCc3cc(C(=O)NO)sc3C1)n2C. The van der Waals surface area contributed by atoms with Gasteiger partial charge in [0.15, 0.2) is 0 Å². The van der Waals surface area contributed by atoms with E-state index in [1.165, 1.54) is 11.3 Å². The molecule has 3 N–H and O–H groups in total. The molecular formula is C20H21N3O4S. The van der Waals surface area contributed by atoms with E-state index in [4.69, 9.17) is 5.21 Å². The quantitative estimate of drug-likeness (QED) is 0.466. The van der Waals surface area contributed by atoms with Gasteiger partial charge in [0.05, 0.1) is 17.5 Å². The molecule has 3 aromatic rings. The zero-order valence-corrected chi connectivity index (χ0v) is 16.4. The van der Waals surface area contributed by atoms with Crippen molar-refractivity contribution in [3.05, 3.63) is 56.9 Å². The fourth-order valence-electron chi connectivity index (χ4n) is 3.66. The number of hydrogen-bond acceptors (Lipinski definition) is 5. The van der Waals surface area contributed by atoms with Crippen molar-refractivity contribution in [2.45, 2.75) is 26.0 Å². The van der Waals surface area contributed by atoms with Crippen LogP contribution in [0.15, 0.2) is 30.3 Å². The van der Waals surface area contributed by atoms with Gasteiger partial charge in [0.1, 0.15) is 5.69 Å². The molecule has 1 aliphatic heterocycles. The lowest BCUT2D eigenvalue weighted by Gasteiger charge is -2.27. The summed E-state index contributed by atoms with van der Waals surface area (Å²) in [6, 6.07) is 9.33. The fraction of sp³-hybridized carbons (Fsp3) is 0.300. The maximum Gasteiger partial charge on any atom is 0.284 e. The van der Waals surface area contributed by atoms with Crippen LogP contribution in [0, 0.1) is 0 Å². The normalized spacial score (nSPS) is 14.8. The molecule has 0 fully saturated rings. The van der Waals surface area contributed by atoms with Crippen molar-refractivity contribution in [1.29, 1.82) is 0 Å². The third-order valence-electron chi connectivity index (χ3n) is 5.26. The molecule has 0 aliphatic carbocycles. The number of rotatable bonds is 3. The summed E-state index contributed by atoms with van der Waals surface area (Å²) in [5.41, 5.74) is 5.04. The Labute approximate surface area is 165 Å². The largest absolute Gasteiger partial charge is 0.389 e. The minimum Gasteiger partial charge on any atom is -0.389 e. The van der Waals surface area contributed by atoms with E-state index < -0.39 is 12.0 Å². The molecular weight excluding hydrogens is 378 g/mol. The third-order valence-corrected chi connectivity index (χ3v) is 6.42. The van der Waals surface area contributed by atoms with E-state index in [0.29, 0.717) is 30.1 Å². The summed E-state index contributed by atoms with van der Waals surface area (Å²) < 4.78 is 1.87. The van der Waals surface area contributed by atoms with Gasteiger partial charge in [0.2, 0.25) is 0 Å². The first kappa shape index (κ1) is 18.7. The molecule has 7 nitrogen and oxygen atoms in total. The van der Waals surface area contributed by atoms with Crippen molar-refractivity contribution in [1.82, 2.24) is 14.9 Å². The molecule has 0 radical (unpaired) electrons. The highest BCUT2D eigenvalue weighted by molar-refractivity contribution is 7.14. The van der Waals surface area contributed by atoms with Crippen LogP contribution in [0.5, 0.6) is 0 Å². The van der Waals surface area contributed by atoms with E-state index >= 15 is 0 Å². The van der Waals surface area contributed by atoms with Gasteiger partial charge in [0.25, 0.3) is 11.8 Å². The van der Waals surface area contributed by atoms with Crippen LogP contribution in [0.1, 0.15) is 49.2 Å². The monoisotopic (exact) mass is 399 g/mol. The summed E-state index contributed by atoms with van der Waals surface area (Å²) in [7, 11) is 1.86. The van der Waals surface area contributed by atoms with E-state index in [2.05, 4.69) is 0 Å². The molecule has 28 heavy (non-hydrogen) atoms. The number of nitrogens with zero attached hydrogens (tertiary/aromatic N) is 2. The van der Waals surface area contributed by atoms with Gasteiger partial charge in [-0.05, 0) is 48.7 Å². The molecule has 1 unspecified atom stereocenters. The summed E-state index contributed by atoms with van der Waals surface area (Å²) >= 11 is 1.30. The van der Waals surface area contributed by atoms with Crippen molar-refractivity contribution in [2.24, 2.45) is 7.05 Å². The minimum atomic E-state index is -0.562. The summed E-state index contributed by atoms with van der Waals surface area (Å²) in [5.74, 6) is -0.593. The molecule has 4 rings (SSSR count). The van der Waals surface area contributed by atoms with Gasteiger partial charge in [-0.1, -0.05) is 6.07 Å². The van der Waals surface area contributed by atoms with E-state index in [9.17, 15) is 14.7 Å². The van der Waals surface area contributed by atoms with E-state index in [1.54, 1.807) is 23.4 Å². The Kier molecular flexibility index (Phi) is 4.70. The summed E-state index contributed by atoms with van der Waals surface area (Å²) in [6.45, 7) is 2.73. The number of benzene rings is 1. The average Bonchev–Trinajstić information content (AvgIpc) is 3.27. The molecule has 3 heterocycles. The lowest BCUT2D eigenvalue weighted by molar-refractivity contribution is 0.0708. The highest BCUT2D eigenvalue weighted by Gasteiger charge is 2.27. The number of carbonyl (C=O) groups is 2. The molecule has 1 atom stereocenters. The number of thiophene rings is 1. The Hall–Kier alpha value is -2.68. The summed E-state index contributed by atoms with van der Waals surface area (Å²) in [6.07, 6.45) is 0.111. The highest BCUT2D eigenvalue weighted by Crippen LogP contribution is 2.30. The van der Waals surface area contributed by atoms with Crippen LogP contribution in [0.4, 0.5) is 0 Å². The Morgan fingerprint density at radius 2 is 2.04 bits per heavy atom. The summed E-state index contributed by atoms with van der Waals surface area (Å²) in [4.78, 5) is 28.0. The first-order valence-electron chi connectivity index (χ1n) is 9.01. The average molecular weight is 399 g/mol. The second-order valence-corrected chi connectivity index (χ2v) is 8.20. The van der Waals surface area contributed by atoms with E-state index in [0.717, 1.165) is 26.9 Å². The molecule has 0 saturated heterocycles. The first-order chi connectivity index (χ1) is 13.4. The van der Waals surface area contributed by atoms with Gasteiger partial charge in [-0.2, -0.15) is 0 Å². The molecule has 0 bridgehead atoms. The number of fused-ring (bicyclic) bond motifs is 2. The van der Waals surface area contributed by atoms with Crippen LogP contribution in [0.2, 0.25) is 0 Å². The van der Waals surface area contributed by atoms with Gasteiger partial charge in [-0.15, -0.1) is 11.3 Å². The number of aliphatic hydroxyl groups is 1. The van der Waals surface area contributed by atoms with E-state index in [-0.39, 0.29) is 5.91 Å². The van der Waals surface area contributed by atoms with Gasteiger partial charge >= 0.3 is 0 Å². The number of aliphatic hydroxyl groups excluding tert-OH is 1. The molecule has 1 aliphatic rings. The maximum absolute atomic E-state index is 13.2. The molecule has 8 heteroatoms. The van der Waals surface area contributed by atoms with Crippen molar-refractivity contribution >= 4 is 34.1 Å². The van der Waals surface area contributed by atoms with Crippen LogP contribution in [-0.2, 0) is 20.0 Å². The molecule has 146 valence electrons. The Balaban J connectivity index is 1.62. The highest BCUT2D eigenvalue weighted by atomic mass is 32.1. The van der Waals surface area contributed by atoms with Gasteiger partial charge in [-0.25, -0.2) is 5.48 Å².